The van der Waals surface area contributed by atoms with Gasteiger partial charge >= 0.3 is 0 Å². The van der Waals surface area contributed by atoms with Crippen molar-refractivity contribution in [3.05, 3.63) is 83.6 Å². The summed E-state index contributed by atoms with van der Waals surface area (Å²) in [6.45, 7) is 0.0846. The van der Waals surface area contributed by atoms with Gasteiger partial charge in [-0.25, -0.2) is 4.98 Å². The van der Waals surface area contributed by atoms with E-state index in [0.29, 0.717) is 38.9 Å². The van der Waals surface area contributed by atoms with Crippen LogP contribution in [0.5, 0.6) is 11.5 Å². The molecule has 39 heavy (non-hydrogen) atoms. The third-order valence-electron chi connectivity index (χ3n) is 5.78. The minimum Gasteiger partial charge on any atom is -0.497 e. The summed E-state index contributed by atoms with van der Waals surface area (Å²) in [5, 5.41) is 19.0. The van der Waals surface area contributed by atoms with Gasteiger partial charge in [-0.05, 0) is 29.0 Å². The second kappa shape index (κ2) is 12.0. The van der Waals surface area contributed by atoms with E-state index in [1.54, 1.807) is 54.6 Å². The summed E-state index contributed by atoms with van der Waals surface area (Å²) in [6.07, 6.45) is 1.62. The van der Waals surface area contributed by atoms with Crippen molar-refractivity contribution in [1.29, 1.82) is 0 Å². The third-order valence-corrected chi connectivity index (χ3v) is 7.40. The molecule has 10 nitrogen and oxygen atoms in total. The first-order valence-corrected chi connectivity index (χ1v) is 13.7. The van der Waals surface area contributed by atoms with Crippen molar-refractivity contribution >= 4 is 50.8 Å². The van der Waals surface area contributed by atoms with Crippen LogP contribution in [-0.2, 0) is 11.3 Å². The average Bonchev–Trinajstić information content (AvgIpc) is 3.63. The molecule has 5 rings (SSSR count). The Morgan fingerprint density at radius 1 is 1.03 bits per heavy atom. The number of carbonyl (C=O) groups is 2. The zero-order valence-corrected chi connectivity index (χ0v) is 22.7. The Balaban J connectivity index is 1.43. The molecule has 0 unspecified atom stereocenters. The molecular weight excluding hydrogens is 536 g/mol. The molecule has 0 bridgehead atoms. The number of amides is 2. The maximum Gasteiger partial charge on any atom is 0.252 e. The van der Waals surface area contributed by atoms with Crippen LogP contribution in [0.1, 0.15) is 16.2 Å². The van der Waals surface area contributed by atoms with E-state index in [1.165, 1.54) is 23.1 Å². The van der Waals surface area contributed by atoms with Gasteiger partial charge in [-0.15, -0.1) is 21.5 Å². The van der Waals surface area contributed by atoms with Crippen LogP contribution in [0.15, 0.2) is 77.4 Å². The van der Waals surface area contributed by atoms with Gasteiger partial charge in [-0.2, -0.15) is 0 Å². The third kappa shape index (κ3) is 5.86. The molecule has 0 saturated heterocycles. The summed E-state index contributed by atoms with van der Waals surface area (Å²) in [5.41, 5.74) is 1.17. The number of hydrogen-bond donors (Lipinski definition) is 2. The monoisotopic (exact) mass is 560 g/mol. The van der Waals surface area contributed by atoms with E-state index >= 15 is 0 Å². The maximum atomic E-state index is 13.2. The molecule has 0 atom stereocenters. The predicted octanol–water partition coefficient (Wildman–Crippen LogP) is 4.56. The Morgan fingerprint density at radius 2 is 1.87 bits per heavy atom. The molecule has 0 saturated carbocycles. The molecule has 198 valence electrons. The van der Waals surface area contributed by atoms with E-state index in [9.17, 15) is 9.59 Å². The molecule has 0 radical (unpaired) electrons. The number of benzene rings is 3. The molecule has 0 spiro atoms. The lowest BCUT2D eigenvalue weighted by Crippen LogP contribution is -2.25. The minimum atomic E-state index is -0.240. The smallest absolute Gasteiger partial charge is 0.252 e. The molecule has 2 aromatic heterocycles. The molecule has 0 aliphatic heterocycles. The summed E-state index contributed by atoms with van der Waals surface area (Å²) in [7, 11) is 3.13. The van der Waals surface area contributed by atoms with Crippen LogP contribution in [0.4, 0.5) is 5.13 Å². The topological polar surface area (TPSA) is 120 Å². The lowest BCUT2D eigenvalue weighted by atomic mass is 10.0. The van der Waals surface area contributed by atoms with Crippen LogP contribution in [0.2, 0.25) is 0 Å². The molecule has 12 heteroatoms. The van der Waals surface area contributed by atoms with E-state index in [1.807, 2.05) is 36.4 Å². The van der Waals surface area contributed by atoms with Gasteiger partial charge in [-0.3, -0.25) is 14.2 Å². The average molecular weight is 561 g/mol. The van der Waals surface area contributed by atoms with Crippen molar-refractivity contribution in [2.75, 3.05) is 25.3 Å². The van der Waals surface area contributed by atoms with Crippen LogP contribution in [0.3, 0.4) is 0 Å². The zero-order chi connectivity index (χ0) is 27.2. The molecule has 5 aromatic rings. The van der Waals surface area contributed by atoms with Gasteiger partial charge in [0.25, 0.3) is 5.91 Å². The first-order chi connectivity index (χ1) is 19.1. The van der Waals surface area contributed by atoms with Crippen molar-refractivity contribution in [2.45, 2.75) is 11.7 Å². The highest BCUT2D eigenvalue weighted by Gasteiger charge is 2.21. The number of anilines is 1. The summed E-state index contributed by atoms with van der Waals surface area (Å²) >= 11 is 2.54. The molecule has 0 fully saturated rings. The number of rotatable bonds is 10. The molecule has 2 heterocycles. The number of nitrogens with one attached hydrogen (secondary N) is 2. The van der Waals surface area contributed by atoms with Gasteiger partial charge in [-0.1, -0.05) is 48.2 Å². The number of methoxy groups -OCH3 is 2. The van der Waals surface area contributed by atoms with Crippen LogP contribution >= 0.6 is 23.1 Å². The van der Waals surface area contributed by atoms with E-state index < -0.39 is 0 Å². The molecule has 3 aromatic carbocycles. The number of ether oxygens (including phenoxy) is 2. The summed E-state index contributed by atoms with van der Waals surface area (Å²) in [4.78, 5) is 29.8. The van der Waals surface area contributed by atoms with Crippen molar-refractivity contribution in [2.24, 2.45) is 0 Å². The van der Waals surface area contributed by atoms with Crippen LogP contribution in [-0.4, -0.2) is 51.5 Å². The highest BCUT2D eigenvalue weighted by molar-refractivity contribution is 7.99. The van der Waals surface area contributed by atoms with Crippen molar-refractivity contribution in [1.82, 2.24) is 25.1 Å². The van der Waals surface area contributed by atoms with Gasteiger partial charge < -0.3 is 20.1 Å². The first-order valence-electron chi connectivity index (χ1n) is 11.8. The number of carbonyl (C=O) groups excluding carboxylic acids is 2. The zero-order valence-electron chi connectivity index (χ0n) is 21.1. The van der Waals surface area contributed by atoms with Gasteiger partial charge in [0.2, 0.25) is 5.91 Å². The fourth-order valence-electron chi connectivity index (χ4n) is 3.97. The standard InChI is InChI=1S/C27H24N6O4S2/c1-36-18-10-11-22(37-2)21(14-18)33-23(31-32-27(33)39-16-24(34)30-26-28-12-13-38-26)15-29-25(35)20-9-5-7-17-6-3-4-8-19(17)20/h3-14H,15-16H2,1-2H3,(H,29,35)(H,28,30,34). The SMILES string of the molecule is COc1ccc(OC)c(-n2c(CNC(=O)c3cccc4ccccc34)nnc2SCC(=O)Nc2nccs2)c1. The lowest BCUT2D eigenvalue weighted by molar-refractivity contribution is -0.113. The van der Waals surface area contributed by atoms with E-state index in [0.717, 1.165) is 10.8 Å². The van der Waals surface area contributed by atoms with Crippen molar-refractivity contribution in [3.63, 3.8) is 0 Å². The van der Waals surface area contributed by atoms with Crippen molar-refractivity contribution in [3.8, 4) is 17.2 Å². The number of hydrogen-bond acceptors (Lipinski definition) is 9. The minimum absolute atomic E-state index is 0.0758. The van der Waals surface area contributed by atoms with Gasteiger partial charge in [0.05, 0.1) is 32.2 Å². The normalized spacial score (nSPS) is 10.8. The predicted molar refractivity (Wildman–Crippen MR) is 151 cm³/mol. The second-order valence-corrected chi connectivity index (χ2v) is 9.99. The number of nitrogens with zero attached hydrogens (tertiary/aromatic N) is 4. The van der Waals surface area contributed by atoms with Gasteiger partial charge in [0.15, 0.2) is 16.1 Å². The maximum absolute atomic E-state index is 13.2. The number of thiazole rings is 1. The number of fused-ring (bicyclic) bond motifs is 1. The van der Waals surface area contributed by atoms with Crippen LogP contribution < -0.4 is 20.1 Å². The Kier molecular flexibility index (Phi) is 8.04. The van der Waals surface area contributed by atoms with Gasteiger partial charge in [0.1, 0.15) is 11.5 Å². The number of aromatic nitrogens is 4. The van der Waals surface area contributed by atoms with Gasteiger partial charge in [0, 0.05) is 23.2 Å². The van der Waals surface area contributed by atoms with Crippen molar-refractivity contribution < 1.29 is 19.1 Å². The summed E-state index contributed by atoms with van der Waals surface area (Å²) in [6, 6.07) is 18.7. The summed E-state index contributed by atoms with van der Waals surface area (Å²) < 4.78 is 12.8. The summed E-state index contributed by atoms with van der Waals surface area (Å²) in [5.74, 6) is 1.21. The largest absolute Gasteiger partial charge is 0.497 e. The highest BCUT2D eigenvalue weighted by Crippen LogP contribution is 2.32. The Bertz CT molecular complexity index is 1610. The first kappa shape index (κ1) is 26.2. The lowest BCUT2D eigenvalue weighted by Gasteiger charge is -2.15. The molecule has 0 aliphatic carbocycles. The quantitative estimate of drug-likeness (QED) is 0.239. The molecule has 0 aliphatic rings. The Morgan fingerprint density at radius 3 is 2.67 bits per heavy atom. The van der Waals surface area contributed by atoms with E-state index in [4.69, 9.17) is 9.47 Å². The molecule has 2 N–H and O–H groups in total. The fourth-order valence-corrected chi connectivity index (χ4v) is 5.28. The van der Waals surface area contributed by atoms with E-state index in [2.05, 4.69) is 25.8 Å². The van der Waals surface area contributed by atoms with Crippen LogP contribution in [0.25, 0.3) is 16.5 Å². The Labute approximate surface area is 232 Å². The number of thioether (sulfide) groups is 1. The van der Waals surface area contributed by atoms with E-state index in [-0.39, 0.29) is 24.1 Å². The molecule has 2 amide bonds. The highest BCUT2D eigenvalue weighted by atomic mass is 32.2. The van der Waals surface area contributed by atoms with Crippen LogP contribution in [0, 0.1) is 0 Å². The fraction of sp³-hybridized carbons (Fsp3) is 0.148. The molecular formula is C27H24N6O4S2. The Hall–Kier alpha value is -4.42. The second-order valence-electron chi connectivity index (χ2n) is 8.16.